The van der Waals surface area contributed by atoms with E-state index in [0.29, 0.717) is 5.02 Å². The van der Waals surface area contributed by atoms with E-state index in [1.54, 1.807) is 36.6 Å². The first-order chi connectivity index (χ1) is 17.0. The summed E-state index contributed by atoms with van der Waals surface area (Å²) in [5.74, 6) is -1.05. The van der Waals surface area contributed by atoms with Gasteiger partial charge in [0, 0.05) is 19.8 Å². The summed E-state index contributed by atoms with van der Waals surface area (Å²) in [4.78, 5) is 27.8. The Balaban J connectivity index is 1.81. The van der Waals surface area contributed by atoms with Crippen LogP contribution in [0.5, 0.6) is 0 Å². The van der Waals surface area contributed by atoms with Crippen molar-refractivity contribution in [2.75, 3.05) is 19.0 Å². The lowest BCUT2D eigenvalue weighted by Crippen LogP contribution is -2.33. The van der Waals surface area contributed by atoms with E-state index in [0.717, 1.165) is 16.8 Å². The Kier molecular flexibility index (Phi) is 8.67. The van der Waals surface area contributed by atoms with Gasteiger partial charge in [0.25, 0.3) is 11.8 Å². The van der Waals surface area contributed by atoms with E-state index in [-0.39, 0.29) is 16.7 Å². The van der Waals surface area contributed by atoms with Crippen LogP contribution in [0.15, 0.2) is 83.6 Å². The maximum absolute atomic E-state index is 13.0. The van der Waals surface area contributed by atoms with Gasteiger partial charge >= 0.3 is 0 Å². The van der Waals surface area contributed by atoms with Crippen molar-refractivity contribution in [3.8, 4) is 0 Å². The molecule has 0 radical (unpaired) electrons. The van der Waals surface area contributed by atoms with Gasteiger partial charge in [0.2, 0.25) is 0 Å². The first kappa shape index (κ1) is 26.7. The Bertz CT molecular complexity index is 1270. The summed E-state index contributed by atoms with van der Waals surface area (Å²) in [6.45, 7) is 6.44. The van der Waals surface area contributed by atoms with Crippen LogP contribution in [0.4, 0.5) is 5.69 Å². The monoisotopic (exact) mass is 502 g/mol. The van der Waals surface area contributed by atoms with Gasteiger partial charge in [-0.15, -0.1) is 0 Å². The van der Waals surface area contributed by atoms with Gasteiger partial charge < -0.3 is 10.2 Å². The van der Waals surface area contributed by atoms with Gasteiger partial charge in [0.05, 0.1) is 16.8 Å². The smallest absolute Gasteiger partial charge is 0.287 e. The molecule has 0 aromatic heterocycles. The lowest BCUT2D eigenvalue weighted by atomic mass is 9.87. The minimum Gasteiger partial charge on any atom is -0.378 e. The number of hydrogen-bond donors (Lipinski definition) is 2. The van der Waals surface area contributed by atoms with Gasteiger partial charge in [-0.05, 0) is 52.4 Å². The van der Waals surface area contributed by atoms with E-state index in [1.807, 2.05) is 67.5 Å². The van der Waals surface area contributed by atoms with E-state index in [1.165, 1.54) is 5.56 Å². The van der Waals surface area contributed by atoms with Crippen LogP contribution in [-0.2, 0) is 10.2 Å². The molecule has 7 heteroatoms. The molecule has 2 N–H and O–H groups in total. The molecule has 0 atom stereocenters. The molecule has 0 spiro atoms. The number of carbonyl (C=O) groups is 2. The Morgan fingerprint density at radius 3 is 2.08 bits per heavy atom. The molecular weight excluding hydrogens is 472 g/mol. The highest BCUT2D eigenvalue weighted by atomic mass is 35.5. The molecule has 3 aromatic carbocycles. The number of rotatable bonds is 7. The second kappa shape index (κ2) is 11.7. The summed E-state index contributed by atoms with van der Waals surface area (Å²) >= 11 is 6.17. The Morgan fingerprint density at radius 1 is 0.889 bits per heavy atom. The Labute approximate surface area is 217 Å². The van der Waals surface area contributed by atoms with Gasteiger partial charge in [-0.25, -0.2) is 5.43 Å². The standard InChI is InChI=1S/C29H31ClN4O2/c1-29(2,3)22-14-10-21(11-15-22)19-31-33-28(36)26(18-20-12-16-23(17-13-20)34(4)5)32-27(35)24-8-6-7-9-25(24)30/h6-19H,1-5H3,(H,32,35)(H,33,36)/b26-18-,31-19-. The van der Waals surface area contributed by atoms with Crippen LogP contribution in [0.3, 0.4) is 0 Å². The first-order valence-corrected chi connectivity index (χ1v) is 11.9. The predicted octanol–water partition coefficient (Wildman–Crippen LogP) is 5.62. The zero-order chi connectivity index (χ0) is 26.3. The topological polar surface area (TPSA) is 73.8 Å². The van der Waals surface area contributed by atoms with Crippen molar-refractivity contribution >= 4 is 41.4 Å². The predicted molar refractivity (Wildman–Crippen MR) is 149 cm³/mol. The fourth-order valence-electron chi connectivity index (χ4n) is 3.32. The van der Waals surface area contributed by atoms with Crippen molar-refractivity contribution in [1.29, 1.82) is 0 Å². The molecule has 0 heterocycles. The third-order valence-corrected chi connectivity index (χ3v) is 5.82. The summed E-state index contributed by atoms with van der Waals surface area (Å²) in [7, 11) is 3.89. The molecule has 0 saturated heterocycles. The fourth-order valence-corrected chi connectivity index (χ4v) is 3.55. The van der Waals surface area contributed by atoms with Crippen molar-refractivity contribution in [2.24, 2.45) is 5.10 Å². The van der Waals surface area contributed by atoms with Crippen molar-refractivity contribution in [1.82, 2.24) is 10.7 Å². The number of anilines is 1. The van der Waals surface area contributed by atoms with E-state index in [2.05, 4.69) is 36.6 Å². The second-order valence-corrected chi connectivity index (χ2v) is 9.96. The van der Waals surface area contributed by atoms with Gasteiger partial charge in [-0.3, -0.25) is 9.59 Å². The van der Waals surface area contributed by atoms with Gasteiger partial charge in [0.1, 0.15) is 5.70 Å². The highest BCUT2D eigenvalue weighted by molar-refractivity contribution is 6.34. The average Bonchev–Trinajstić information content (AvgIpc) is 2.84. The largest absolute Gasteiger partial charge is 0.378 e. The maximum atomic E-state index is 13.0. The first-order valence-electron chi connectivity index (χ1n) is 11.5. The molecule has 3 aromatic rings. The minimum absolute atomic E-state index is 0.0396. The average molecular weight is 503 g/mol. The number of amides is 2. The quantitative estimate of drug-likeness (QED) is 0.250. The van der Waals surface area contributed by atoms with Gasteiger partial charge in [0.15, 0.2) is 0 Å². The van der Waals surface area contributed by atoms with Crippen LogP contribution in [0, 0.1) is 0 Å². The van der Waals surface area contributed by atoms with Crippen LogP contribution >= 0.6 is 11.6 Å². The molecule has 36 heavy (non-hydrogen) atoms. The molecule has 6 nitrogen and oxygen atoms in total. The zero-order valence-corrected chi connectivity index (χ0v) is 21.9. The molecule has 0 fully saturated rings. The number of carbonyl (C=O) groups excluding carboxylic acids is 2. The lowest BCUT2D eigenvalue weighted by molar-refractivity contribution is -0.117. The number of nitrogens with one attached hydrogen (secondary N) is 2. The number of benzene rings is 3. The molecule has 0 bridgehead atoms. The third kappa shape index (κ3) is 7.30. The van der Waals surface area contributed by atoms with Crippen molar-refractivity contribution in [3.05, 3.63) is 106 Å². The summed E-state index contributed by atoms with van der Waals surface area (Å²) < 4.78 is 0. The normalized spacial score (nSPS) is 11.9. The molecule has 0 aliphatic rings. The van der Waals surface area contributed by atoms with Crippen LogP contribution in [0.2, 0.25) is 5.02 Å². The molecule has 3 rings (SSSR count). The van der Waals surface area contributed by atoms with Crippen molar-refractivity contribution in [3.63, 3.8) is 0 Å². The van der Waals surface area contributed by atoms with Gasteiger partial charge in [-0.1, -0.05) is 80.9 Å². The Morgan fingerprint density at radius 2 is 1.50 bits per heavy atom. The van der Waals surface area contributed by atoms with Crippen LogP contribution < -0.4 is 15.6 Å². The summed E-state index contributed by atoms with van der Waals surface area (Å²) in [6, 6.07) is 22.2. The molecule has 0 saturated carbocycles. The SMILES string of the molecule is CN(C)c1ccc(/C=C(\NC(=O)c2ccccc2Cl)C(=O)N/N=C\c2ccc(C(C)(C)C)cc2)cc1. The van der Waals surface area contributed by atoms with E-state index >= 15 is 0 Å². The van der Waals surface area contributed by atoms with Crippen molar-refractivity contribution < 1.29 is 9.59 Å². The fraction of sp³-hybridized carbons (Fsp3) is 0.207. The molecule has 0 aliphatic carbocycles. The number of hydrazone groups is 1. The van der Waals surface area contributed by atoms with Crippen LogP contribution in [-0.4, -0.2) is 32.1 Å². The van der Waals surface area contributed by atoms with Crippen LogP contribution in [0.1, 0.15) is 47.8 Å². The molecule has 0 aliphatic heterocycles. The van der Waals surface area contributed by atoms with Crippen LogP contribution in [0.25, 0.3) is 6.08 Å². The lowest BCUT2D eigenvalue weighted by Gasteiger charge is -2.18. The summed E-state index contributed by atoms with van der Waals surface area (Å²) in [6.07, 6.45) is 3.15. The number of nitrogens with zero attached hydrogens (tertiary/aromatic N) is 2. The third-order valence-electron chi connectivity index (χ3n) is 5.49. The highest BCUT2D eigenvalue weighted by Gasteiger charge is 2.16. The minimum atomic E-state index is -0.561. The molecule has 186 valence electrons. The number of hydrogen-bond acceptors (Lipinski definition) is 4. The second-order valence-electron chi connectivity index (χ2n) is 9.55. The van der Waals surface area contributed by atoms with E-state index < -0.39 is 11.8 Å². The summed E-state index contributed by atoms with van der Waals surface area (Å²) in [5.41, 5.74) is 6.66. The van der Waals surface area contributed by atoms with Crippen molar-refractivity contribution in [2.45, 2.75) is 26.2 Å². The molecular formula is C29H31ClN4O2. The highest BCUT2D eigenvalue weighted by Crippen LogP contribution is 2.22. The van der Waals surface area contributed by atoms with Gasteiger partial charge in [-0.2, -0.15) is 5.10 Å². The molecule has 0 unspecified atom stereocenters. The molecule has 2 amide bonds. The Hall–Kier alpha value is -3.90. The maximum Gasteiger partial charge on any atom is 0.287 e. The van der Waals surface area contributed by atoms with E-state index in [4.69, 9.17) is 11.6 Å². The van der Waals surface area contributed by atoms with E-state index in [9.17, 15) is 9.59 Å². The zero-order valence-electron chi connectivity index (χ0n) is 21.2. The number of halogens is 1. The summed E-state index contributed by atoms with van der Waals surface area (Å²) in [5, 5.41) is 7.05.